The van der Waals surface area contributed by atoms with Crippen LogP contribution < -0.4 is 0 Å². The van der Waals surface area contributed by atoms with Crippen molar-refractivity contribution < 1.29 is 4.79 Å². The summed E-state index contributed by atoms with van der Waals surface area (Å²) in [6.07, 6.45) is 5.40. The van der Waals surface area contributed by atoms with Crippen LogP contribution in [0.4, 0.5) is 0 Å². The van der Waals surface area contributed by atoms with E-state index in [-0.39, 0.29) is 0 Å². The van der Waals surface area contributed by atoms with Crippen LogP contribution >= 0.6 is 11.3 Å². The molecule has 2 aliphatic rings. The molecule has 3 rings (SSSR count). The van der Waals surface area contributed by atoms with Crippen molar-refractivity contribution >= 4 is 17.2 Å². The Balaban J connectivity index is 1.41. The molecular weight excluding hydrogens is 284 g/mol. The molecule has 2 aliphatic heterocycles. The van der Waals surface area contributed by atoms with Crippen molar-refractivity contribution in [2.45, 2.75) is 45.6 Å². The Morgan fingerprint density at radius 1 is 1.19 bits per heavy atom. The van der Waals surface area contributed by atoms with Crippen LogP contribution in [0.5, 0.6) is 0 Å². The maximum atomic E-state index is 12.2. The number of nitrogens with zero attached hydrogens (tertiary/aromatic N) is 4. The zero-order chi connectivity index (χ0) is 14.7. The van der Waals surface area contributed by atoms with Gasteiger partial charge in [0.05, 0.1) is 6.54 Å². The lowest BCUT2D eigenvalue weighted by Crippen LogP contribution is -2.36. The number of hydrogen-bond acceptors (Lipinski definition) is 5. The highest BCUT2D eigenvalue weighted by Crippen LogP contribution is 2.24. The first-order valence-corrected chi connectivity index (χ1v) is 8.81. The molecule has 0 spiro atoms. The molecule has 1 aromatic rings. The van der Waals surface area contributed by atoms with Gasteiger partial charge in [-0.3, -0.25) is 9.69 Å². The molecule has 2 fully saturated rings. The van der Waals surface area contributed by atoms with Crippen molar-refractivity contribution in [2.75, 3.05) is 26.2 Å². The lowest BCUT2D eigenvalue weighted by molar-refractivity contribution is -0.131. The van der Waals surface area contributed by atoms with Crippen LogP contribution in [0.25, 0.3) is 0 Å². The third-order valence-electron chi connectivity index (χ3n) is 4.56. The van der Waals surface area contributed by atoms with E-state index in [0.717, 1.165) is 62.0 Å². The number of aryl methyl sites for hydroxylation is 1. The summed E-state index contributed by atoms with van der Waals surface area (Å²) in [6, 6.07) is 0. The summed E-state index contributed by atoms with van der Waals surface area (Å²) in [4.78, 5) is 16.7. The molecule has 0 saturated carbocycles. The van der Waals surface area contributed by atoms with E-state index in [1.165, 1.54) is 12.8 Å². The second kappa shape index (κ2) is 6.83. The van der Waals surface area contributed by atoms with Gasteiger partial charge in [-0.1, -0.05) is 0 Å². The average molecular weight is 308 g/mol. The van der Waals surface area contributed by atoms with Gasteiger partial charge in [-0.2, -0.15) is 0 Å². The average Bonchev–Trinajstić information content (AvgIpc) is 3.13. The largest absolute Gasteiger partial charge is 0.343 e. The van der Waals surface area contributed by atoms with Gasteiger partial charge in [-0.15, -0.1) is 21.5 Å². The van der Waals surface area contributed by atoms with Gasteiger partial charge in [-0.05, 0) is 51.6 Å². The number of hydrogen-bond donors (Lipinski definition) is 0. The summed E-state index contributed by atoms with van der Waals surface area (Å²) < 4.78 is 0. The van der Waals surface area contributed by atoms with E-state index < -0.39 is 0 Å². The van der Waals surface area contributed by atoms with E-state index in [1.54, 1.807) is 11.3 Å². The molecule has 116 valence electrons. The second-order valence-electron chi connectivity index (χ2n) is 6.23. The summed E-state index contributed by atoms with van der Waals surface area (Å²) in [7, 11) is 0. The van der Waals surface area contributed by atoms with Crippen molar-refractivity contribution in [2.24, 2.45) is 5.92 Å². The number of aromatic nitrogens is 2. The molecule has 5 nitrogen and oxygen atoms in total. The molecule has 0 N–H and O–H groups in total. The normalized spacial score (nSPS) is 21.1. The molecule has 3 heterocycles. The Bertz CT molecular complexity index is 476. The molecule has 0 bridgehead atoms. The van der Waals surface area contributed by atoms with Gasteiger partial charge in [0, 0.05) is 19.5 Å². The van der Waals surface area contributed by atoms with E-state index in [1.807, 2.05) is 6.92 Å². The Morgan fingerprint density at radius 2 is 1.90 bits per heavy atom. The monoisotopic (exact) mass is 308 g/mol. The Labute approximate surface area is 130 Å². The molecule has 1 amide bonds. The SMILES string of the molecule is Cc1nnc(CN2CCC(CC(=O)N3CCCC3)CC2)s1. The predicted molar refractivity (Wildman–Crippen MR) is 83.1 cm³/mol. The summed E-state index contributed by atoms with van der Waals surface area (Å²) >= 11 is 1.68. The second-order valence-corrected chi connectivity index (χ2v) is 7.49. The smallest absolute Gasteiger partial charge is 0.222 e. The summed E-state index contributed by atoms with van der Waals surface area (Å²) in [5.41, 5.74) is 0. The first-order valence-electron chi connectivity index (χ1n) is 8.00. The number of carbonyl (C=O) groups is 1. The van der Waals surface area contributed by atoms with Gasteiger partial charge >= 0.3 is 0 Å². The maximum absolute atomic E-state index is 12.2. The third-order valence-corrected chi connectivity index (χ3v) is 5.38. The molecule has 0 aromatic carbocycles. The summed E-state index contributed by atoms with van der Waals surface area (Å²) in [6.45, 7) is 7.03. The summed E-state index contributed by atoms with van der Waals surface area (Å²) in [5.74, 6) is 0.955. The topological polar surface area (TPSA) is 49.3 Å². The van der Waals surface area contributed by atoms with Gasteiger partial charge in [0.1, 0.15) is 10.0 Å². The minimum atomic E-state index is 0.380. The fourth-order valence-corrected chi connectivity index (χ4v) is 4.04. The first kappa shape index (κ1) is 14.9. The van der Waals surface area contributed by atoms with E-state index in [9.17, 15) is 4.79 Å². The zero-order valence-electron chi connectivity index (χ0n) is 12.8. The number of piperidine rings is 1. The Hall–Kier alpha value is -1.01. The van der Waals surface area contributed by atoms with Gasteiger partial charge in [0.15, 0.2) is 0 Å². The van der Waals surface area contributed by atoms with Crippen LogP contribution in [-0.2, 0) is 11.3 Å². The quantitative estimate of drug-likeness (QED) is 0.854. The molecule has 2 saturated heterocycles. The van der Waals surface area contributed by atoms with E-state index in [4.69, 9.17) is 0 Å². The Kier molecular flexibility index (Phi) is 4.85. The van der Waals surface area contributed by atoms with Gasteiger partial charge in [-0.25, -0.2) is 0 Å². The maximum Gasteiger partial charge on any atom is 0.222 e. The van der Waals surface area contributed by atoms with E-state index >= 15 is 0 Å². The molecule has 0 unspecified atom stereocenters. The number of amides is 1. The first-order chi connectivity index (χ1) is 10.2. The van der Waals surface area contributed by atoms with Crippen LogP contribution in [0.3, 0.4) is 0 Å². The van der Waals surface area contributed by atoms with Crippen molar-refractivity contribution in [1.29, 1.82) is 0 Å². The number of rotatable bonds is 4. The van der Waals surface area contributed by atoms with E-state index in [2.05, 4.69) is 20.0 Å². The zero-order valence-corrected chi connectivity index (χ0v) is 13.6. The molecule has 1 aromatic heterocycles. The van der Waals surface area contributed by atoms with Gasteiger partial charge in [0.2, 0.25) is 5.91 Å². The molecule has 0 atom stereocenters. The van der Waals surface area contributed by atoms with Crippen molar-refractivity contribution in [3.8, 4) is 0 Å². The lowest BCUT2D eigenvalue weighted by Gasteiger charge is -2.31. The van der Waals surface area contributed by atoms with Crippen LogP contribution in [0.1, 0.15) is 42.1 Å². The molecule has 6 heteroatoms. The fourth-order valence-electron chi connectivity index (χ4n) is 3.28. The summed E-state index contributed by atoms with van der Waals surface area (Å²) in [5, 5.41) is 10.4. The van der Waals surface area contributed by atoms with Crippen molar-refractivity contribution in [1.82, 2.24) is 20.0 Å². The third kappa shape index (κ3) is 4.01. The molecule has 21 heavy (non-hydrogen) atoms. The van der Waals surface area contributed by atoms with E-state index in [0.29, 0.717) is 11.8 Å². The standard InChI is InChI=1S/C15H24N4OS/c1-12-16-17-14(21-12)11-18-8-4-13(5-9-18)10-15(20)19-6-2-3-7-19/h13H,2-11H2,1H3. The molecular formula is C15H24N4OS. The lowest BCUT2D eigenvalue weighted by atomic mass is 9.93. The number of carbonyl (C=O) groups excluding carboxylic acids is 1. The fraction of sp³-hybridized carbons (Fsp3) is 0.800. The Morgan fingerprint density at radius 3 is 2.52 bits per heavy atom. The molecule has 0 aliphatic carbocycles. The van der Waals surface area contributed by atoms with Gasteiger partial charge < -0.3 is 4.90 Å². The minimum absolute atomic E-state index is 0.380. The highest BCUT2D eigenvalue weighted by Gasteiger charge is 2.25. The molecule has 0 radical (unpaired) electrons. The van der Waals surface area contributed by atoms with Crippen LogP contribution in [-0.4, -0.2) is 52.1 Å². The highest BCUT2D eigenvalue weighted by atomic mass is 32.1. The van der Waals surface area contributed by atoms with Crippen LogP contribution in [0.15, 0.2) is 0 Å². The van der Waals surface area contributed by atoms with Crippen LogP contribution in [0, 0.1) is 12.8 Å². The predicted octanol–water partition coefficient (Wildman–Crippen LogP) is 2.07. The number of likely N-dealkylation sites (tertiary alicyclic amines) is 2. The van der Waals surface area contributed by atoms with Crippen LogP contribution in [0.2, 0.25) is 0 Å². The minimum Gasteiger partial charge on any atom is -0.343 e. The van der Waals surface area contributed by atoms with Gasteiger partial charge in [0.25, 0.3) is 0 Å². The van der Waals surface area contributed by atoms with Crippen molar-refractivity contribution in [3.05, 3.63) is 10.0 Å². The highest BCUT2D eigenvalue weighted by molar-refractivity contribution is 7.11. The van der Waals surface area contributed by atoms with Crippen molar-refractivity contribution in [3.63, 3.8) is 0 Å².